The highest BCUT2D eigenvalue weighted by molar-refractivity contribution is 5.81. The Hall–Kier alpha value is -1.45. The van der Waals surface area contributed by atoms with Crippen molar-refractivity contribution in [2.24, 2.45) is 0 Å². The second-order valence-corrected chi connectivity index (χ2v) is 3.15. The first-order valence-electron chi connectivity index (χ1n) is 4.14. The Kier molecular flexibility index (Phi) is 1.80. The standard InChI is InChI=1S/C10H8F3N/c1-7-6-8-4-2-3-5-9(8)14(7)10(11,12)13/h2-6H,1H3. The van der Waals surface area contributed by atoms with Gasteiger partial charge in [-0.05, 0) is 19.1 Å². The summed E-state index contributed by atoms with van der Waals surface area (Å²) in [6.45, 7) is 1.45. The summed E-state index contributed by atoms with van der Waals surface area (Å²) < 4.78 is 38.1. The molecule has 0 fully saturated rings. The van der Waals surface area contributed by atoms with Crippen LogP contribution >= 0.6 is 0 Å². The lowest BCUT2D eigenvalue weighted by Crippen LogP contribution is -2.17. The lowest BCUT2D eigenvalue weighted by atomic mass is 10.2. The van der Waals surface area contributed by atoms with Crippen LogP contribution in [0.5, 0.6) is 0 Å². The van der Waals surface area contributed by atoms with Crippen LogP contribution in [0.25, 0.3) is 10.9 Å². The summed E-state index contributed by atoms with van der Waals surface area (Å²) in [4.78, 5) is 0. The van der Waals surface area contributed by atoms with Crippen LogP contribution in [0.3, 0.4) is 0 Å². The summed E-state index contributed by atoms with van der Waals surface area (Å²) in [6.07, 6.45) is -4.34. The Balaban J connectivity index is 2.81. The van der Waals surface area contributed by atoms with E-state index in [9.17, 15) is 13.2 Å². The number of nitrogens with zero attached hydrogens (tertiary/aromatic N) is 1. The largest absolute Gasteiger partial charge is 0.489 e. The van der Waals surface area contributed by atoms with Gasteiger partial charge < -0.3 is 0 Å². The Morgan fingerprint density at radius 3 is 2.43 bits per heavy atom. The van der Waals surface area contributed by atoms with Crippen LogP contribution in [0.2, 0.25) is 0 Å². The molecule has 0 amide bonds. The maximum atomic E-state index is 12.6. The van der Waals surface area contributed by atoms with E-state index in [-0.39, 0.29) is 11.2 Å². The summed E-state index contributed by atoms with van der Waals surface area (Å²) in [5.41, 5.74) is 0.413. The number of benzene rings is 1. The van der Waals surface area contributed by atoms with Crippen LogP contribution < -0.4 is 0 Å². The van der Waals surface area contributed by atoms with E-state index in [2.05, 4.69) is 0 Å². The Bertz CT molecular complexity index is 468. The fourth-order valence-corrected chi connectivity index (χ4v) is 1.63. The molecule has 2 rings (SSSR count). The number of alkyl halides is 3. The van der Waals surface area contributed by atoms with Crippen molar-refractivity contribution in [1.82, 2.24) is 4.57 Å². The molecule has 0 radical (unpaired) electrons. The predicted molar refractivity (Wildman–Crippen MR) is 48.0 cm³/mol. The van der Waals surface area contributed by atoms with Gasteiger partial charge in [-0.25, -0.2) is 0 Å². The van der Waals surface area contributed by atoms with Crippen LogP contribution in [0.4, 0.5) is 13.2 Å². The number of hydrogen-bond donors (Lipinski definition) is 0. The van der Waals surface area contributed by atoms with Crippen molar-refractivity contribution < 1.29 is 13.2 Å². The molecule has 0 unspecified atom stereocenters. The predicted octanol–water partition coefficient (Wildman–Crippen LogP) is 3.43. The van der Waals surface area contributed by atoms with Gasteiger partial charge in [0, 0.05) is 11.1 Å². The molecule has 0 aliphatic heterocycles. The molecule has 0 spiro atoms. The van der Waals surface area contributed by atoms with Crippen LogP contribution in [-0.2, 0) is 6.30 Å². The van der Waals surface area contributed by atoms with Crippen LogP contribution in [0, 0.1) is 6.92 Å². The molecular formula is C10H8F3N. The molecule has 1 aromatic carbocycles. The van der Waals surface area contributed by atoms with E-state index in [4.69, 9.17) is 0 Å². The first-order valence-corrected chi connectivity index (χ1v) is 4.14. The van der Waals surface area contributed by atoms with Crippen molar-refractivity contribution in [1.29, 1.82) is 0 Å². The highest BCUT2D eigenvalue weighted by atomic mass is 19.4. The minimum Gasteiger partial charge on any atom is -0.256 e. The van der Waals surface area contributed by atoms with Gasteiger partial charge in [0.25, 0.3) is 0 Å². The highest BCUT2D eigenvalue weighted by Gasteiger charge is 2.33. The Labute approximate surface area is 78.8 Å². The zero-order valence-corrected chi connectivity index (χ0v) is 7.47. The van der Waals surface area contributed by atoms with E-state index >= 15 is 0 Å². The number of rotatable bonds is 0. The van der Waals surface area contributed by atoms with Crippen LogP contribution in [0.15, 0.2) is 30.3 Å². The van der Waals surface area contributed by atoms with Crippen molar-refractivity contribution in [3.8, 4) is 0 Å². The molecule has 4 heteroatoms. The SMILES string of the molecule is Cc1cc2ccccc2n1C(F)(F)F. The number of para-hydroxylation sites is 1. The number of halogens is 3. The zero-order valence-electron chi connectivity index (χ0n) is 7.47. The molecule has 0 bridgehead atoms. The number of hydrogen-bond acceptors (Lipinski definition) is 0. The number of aryl methyl sites for hydroxylation is 1. The quantitative estimate of drug-likeness (QED) is 0.612. The normalized spacial score (nSPS) is 12.3. The molecule has 0 N–H and O–H groups in total. The van der Waals surface area contributed by atoms with E-state index in [1.54, 1.807) is 18.2 Å². The molecule has 0 aliphatic carbocycles. The monoisotopic (exact) mass is 199 g/mol. The molecule has 1 nitrogen and oxygen atoms in total. The first kappa shape index (κ1) is 9.12. The van der Waals surface area contributed by atoms with Crippen LogP contribution in [0.1, 0.15) is 5.69 Å². The molecule has 14 heavy (non-hydrogen) atoms. The molecule has 0 aliphatic rings. The molecule has 2 aromatic rings. The summed E-state index contributed by atoms with van der Waals surface area (Å²) in [5, 5.41) is 0.613. The second kappa shape index (κ2) is 2.77. The van der Waals surface area contributed by atoms with Gasteiger partial charge in [-0.15, -0.1) is 13.2 Å². The van der Waals surface area contributed by atoms with Gasteiger partial charge in [0.05, 0.1) is 5.52 Å². The van der Waals surface area contributed by atoms with E-state index in [0.717, 1.165) is 0 Å². The summed E-state index contributed by atoms with van der Waals surface area (Å²) in [6, 6.07) is 8.00. The van der Waals surface area contributed by atoms with Gasteiger partial charge in [0.2, 0.25) is 0 Å². The number of aromatic nitrogens is 1. The third-order valence-corrected chi connectivity index (χ3v) is 2.15. The smallest absolute Gasteiger partial charge is 0.256 e. The molecule has 0 saturated carbocycles. The fraction of sp³-hybridized carbons (Fsp3) is 0.200. The van der Waals surface area contributed by atoms with E-state index in [0.29, 0.717) is 9.95 Å². The molecule has 0 saturated heterocycles. The van der Waals surface area contributed by atoms with Crippen molar-refractivity contribution in [2.45, 2.75) is 13.2 Å². The third kappa shape index (κ3) is 1.27. The number of fused-ring (bicyclic) bond motifs is 1. The molecule has 1 aromatic heterocycles. The maximum Gasteiger partial charge on any atom is 0.489 e. The lowest BCUT2D eigenvalue weighted by molar-refractivity contribution is -0.201. The van der Waals surface area contributed by atoms with E-state index in [1.165, 1.54) is 19.1 Å². The fourth-order valence-electron chi connectivity index (χ4n) is 1.63. The van der Waals surface area contributed by atoms with E-state index < -0.39 is 6.30 Å². The average Bonchev–Trinajstić information content (AvgIpc) is 2.38. The molecule has 1 heterocycles. The second-order valence-electron chi connectivity index (χ2n) is 3.15. The van der Waals surface area contributed by atoms with E-state index in [1.807, 2.05) is 0 Å². The van der Waals surface area contributed by atoms with Crippen molar-refractivity contribution >= 4 is 10.9 Å². The van der Waals surface area contributed by atoms with Crippen LogP contribution in [-0.4, -0.2) is 4.57 Å². The minimum absolute atomic E-state index is 0.206. The van der Waals surface area contributed by atoms with Gasteiger partial charge in [-0.3, -0.25) is 4.57 Å². The Morgan fingerprint density at radius 2 is 1.79 bits per heavy atom. The lowest BCUT2D eigenvalue weighted by Gasteiger charge is -2.11. The summed E-state index contributed by atoms with van der Waals surface area (Å²) >= 11 is 0. The topological polar surface area (TPSA) is 4.93 Å². The van der Waals surface area contributed by atoms with Gasteiger partial charge in [-0.1, -0.05) is 18.2 Å². The minimum atomic E-state index is -4.34. The molecular weight excluding hydrogens is 191 g/mol. The first-order chi connectivity index (χ1) is 6.50. The third-order valence-electron chi connectivity index (χ3n) is 2.15. The zero-order chi connectivity index (χ0) is 10.3. The van der Waals surface area contributed by atoms with Crippen molar-refractivity contribution in [3.05, 3.63) is 36.0 Å². The van der Waals surface area contributed by atoms with Gasteiger partial charge >= 0.3 is 6.30 Å². The molecule has 74 valence electrons. The van der Waals surface area contributed by atoms with Gasteiger partial charge in [0.15, 0.2) is 0 Å². The van der Waals surface area contributed by atoms with Crippen molar-refractivity contribution in [3.63, 3.8) is 0 Å². The van der Waals surface area contributed by atoms with Gasteiger partial charge in [-0.2, -0.15) is 0 Å². The maximum absolute atomic E-state index is 12.6. The highest BCUT2D eigenvalue weighted by Crippen LogP contribution is 2.30. The summed E-state index contributed by atoms with van der Waals surface area (Å²) in [5.74, 6) is 0. The average molecular weight is 199 g/mol. The Morgan fingerprint density at radius 1 is 1.14 bits per heavy atom. The molecule has 0 atom stereocenters. The van der Waals surface area contributed by atoms with Gasteiger partial charge in [0.1, 0.15) is 0 Å². The summed E-state index contributed by atoms with van der Waals surface area (Å²) in [7, 11) is 0. The van der Waals surface area contributed by atoms with Crippen molar-refractivity contribution in [2.75, 3.05) is 0 Å².